The van der Waals surface area contributed by atoms with Crippen LogP contribution in [0.3, 0.4) is 0 Å². The number of rotatable bonds is 10. The summed E-state index contributed by atoms with van der Waals surface area (Å²) in [6.45, 7) is 5.62. The normalized spacial score (nSPS) is 19.4. The zero-order valence-electron chi connectivity index (χ0n) is 19.0. The molecule has 0 unspecified atom stereocenters. The average Bonchev–Trinajstić information content (AvgIpc) is 2.78. The van der Waals surface area contributed by atoms with Crippen molar-refractivity contribution in [3.8, 4) is 11.1 Å². The van der Waals surface area contributed by atoms with E-state index in [2.05, 4.69) is 61.6 Å². The lowest BCUT2D eigenvalue weighted by atomic mass is 9.77. The monoisotopic (exact) mass is 391 g/mol. The van der Waals surface area contributed by atoms with Gasteiger partial charge in [-0.2, -0.15) is 0 Å². The smallest absolute Gasteiger partial charge is 0.00113 e. The minimum Gasteiger partial charge on any atom is -0.319 e. The Balaban J connectivity index is 1.60. The van der Waals surface area contributed by atoms with Crippen LogP contribution in [0.2, 0.25) is 0 Å². The summed E-state index contributed by atoms with van der Waals surface area (Å²) >= 11 is 0. The zero-order valence-corrected chi connectivity index (χ0v) is 19.0. The van der Waals surface area contributed by atoms with E-state index in [4.69, 9.17) is 0 Å². The van der Waals surface area contributed by atoms with Crippen molar-refractivity contribution >= 4 is 0 Å². The van der Waals surface area contributed by atoms with Crippen LogP contribution in [-0.2, 0) is 12.8 Å². The summed E-state index contributed by atoms with van der Waals surface area (Å²) in [6.07, 6.45) is 13.5. The third-order valence-corrected chi connectivity index (χ3v) is 7.01. The molecule has 0 aromatic heterocycles. The summed E-state index contributed by atoms with van der Waals surface area (Å²) in [6, 6.07) is 16.5. The maximum Gasteiger partial charge on any atom is -0.00113 e. The highest BCUT2D eigenvalue weighted by Gasteiger charge is 2.22. The van der Waals surface area contributed by atoms with Crippen molar-refractivity contribution in [2.24, 2.45) is 5.92 Å². The van der Waals surface area contributed by atoms with E-state index < -0.39 is 0 Å². The van der Waals surface area contributed by atoms with E-state index in [-0.39, 0.29) is 0 Å². The number of hydrogen-bond acceptors (Lipinski definition) is 1. The largest absolute Gasteiger partial charge is 0.319 e. The Hall–Kier alpha value is -1.60. The second-order valence-electron chi connectivity index (χ2n) is 9.03. The average molecular weight is 392 g/mol. The predicted octanol–water partition coefficient (Wildman–Crippen LogP) is 7.53. The Morgan fingerprint density at radius 1 is 0.828 bits per heavy atom. The molecule has 0 spiro atoms. The van der Waals surface area contributed by atoms with E-state index in [1.165, 1.54) is 73.6 Å². The molecule has 1 aliphatic carbocycles. The van der Waals surface area contributed by atoms with Gasteiger partial charge in [-0.25, -0.2) is 0 Å². The van der Waals surface area contributed by atoms with Gasteiger partial charge in [-0.15, -0.1) is 0 Å². The van der Waals surface area contributed by atoms with Crippen LogP contribution in [0.15, 0.2) is 42.5 Å². The van der Waals surface area contributed by atoms with Crippen molar-refractivity contribution in [3.63, 3.8) is 0 Å². The Morgan fingerprint density at radius 2 is 1.55 bits per heavy atom. The highest BCUT2D eigenvalue weighted by Crippen LogP contribution is 2.38. The number of unbranched alkanes of at least 4 members (excludes halogenated alkanes) is 2. The number of nitrogens with one attached hydrogen (secondary N) is 1. The maximum atomic E-state index is 3.27. The summed E-state index contributed by atoms with van der Waals surface area (Å²) in [7, 11) is 2.03. The number of aryl methyl sites for hydroxylation is 1. The number of hydrogen-bond donors (Lipinski definition) is 1. The summed E-state index contributed by atoms with van der Waals surface area (Å²) < 4.78 is 0. The molecular weight excluding hydrogens is 350 g/mol. The van der Waals surface area contributed by atoms with Gasteiger partial charge in [-0.3, -0.25) is 0 Å². The summed E-state index contributed by atoms with van der Waals surface area (Å²) in [5.74, 6) is 1.77. The van der Waals surface area contributed by atoms with Gasteiger partial charge in [0.05, 0.1) is 0 Å². The molecule has 1 aliphatic rings. The highest BCUT2D eigenvalue weighted by atomic mass is 14.8. The number of likely N-dealkylation sites (N-methyl/N-ethyl adjacent to an activating group) is 1. The molecule has 2 aromatic carbocycles. The van der Waals surface area contributed by atoms with Crippen LogP contribution in [0.25, 0.3) is 11.1 Å². The zero-order chi connectivity index (χ0) is 20.5. The third-order valence-electron chi connectivity index (χ3n) is 7.01. The molecule has 1 fully saturated rings. The van der Waals surface area contributed by atoms with E-state index in [1.807, 2.05) is 7.05 Å². The molecule has 0 atom stereocenters. The molecule has 29 heavy (non-hydrogen) atoms. The Labute approximate surface area is 179 Å². The molecule has 0 amide bonds. The Morgan fingerprint density at radius 3 is 2.21 bits per heavy atom. The van der Waals surface area contributed by atoms with Crippen molar-refractivity contribution in [3.05, 3.63) is 59.2 Å². The molecule has 2 aromatic rings. The van der Waals surface area contributed by atoms with Crippen LogP contribution in [0.1, 0.15) is 87.8 Å². The van der Waals surface area contributed by atoms with E-state index >= 15 is 0 Å². The summed E-state index contributed by atoms with van der Waals surface area (Å²) in [5.41, 5.74) is 7.25. The SMILES string of the molecule is CCCCCC1CCC(c2ccc(-c3ccc(CCNC)c(CC)c3)cc2)CC1. The lowest BCUT2D eigenvalue weighted by molar-refractivity contribution is 0.303. The first kappa shape index (κ1) is 22.1. The van der Waals surface area contributed by atoms with Gasteiger partial charge >= 0.3 is 0 Å². The molecule has 1 nitrogen and oxygen atoms in total. The van der Waals surface area contributed by atoms with Crippen LogP contribution in [0.5, 0.6) is 0 Å². The van der Waals surface area contributed by atoms with Gasteiger partial charge in [0.2, 0.25) is 0 Å². The molecule has 1 N–H and O–H groups in total. The summed E-state index contributed by atoms with van der Waals surface area (Å²) in [4.78, 5) is 0. The molecule has 0 bridgehead atoms. The molecule has 0 saturated heterocycles. The van der Waals surface area contributed by atoms with Crippen LogP contribution in [0.4, 0.5) is 0 Å². The van der Waals surface area contributed by atoms with Gasteiger partial charge in [0.1, 0.15) is 0 Å². The lowest BCUT2D eigenvalue weighted by Gasteiger charge is -2.29. The molecule has 0 aliphatic heterocycles. The van der Waals surface area contributed by atoms with Crippen molar-refractivity contribution in [2.45, 2.75) is 84.0 Å². The van der Waals surface area contributed by atoms with Crippen LogP contribution in [0, 0.1) is 5.92 Å². The minimum atomic E-state index is 0.779. The predicted molar refractivity (Wildman–Crippen MR) is 128 cm³/mol. The molecule has 1 saturated carbocycles. The fraction of sp³-hybridized carbons (Fsp3) is 0.571. The van der Waals surface area contributed by atoms with Crippen molar-refractivity contribution < 1.29 is 0 Å². The molecule has 3 rings (SSSR count). The van der Waals surface area contributed by atoms with E-state index in [9.17, 15) is 0 Å². The fourth-order valence-electron chi connectivity index (χ4n) is 5.05. The van der Waals surface area contributed by atoms with Gasteiger partial charge in [0.25, 0.3) is 0 Å². The molecule has 0 heterocycles. The quantitative estimate of drug-likeness (QED) is 0.413. The van der Waals surface area contributed by atoms with Gasteiger partial charge in [0, 0.05) is 0 Å². The molecule has 0 radical (unpaired) electrons. The van der Waals surface area contributed by atoms with Crippen molar-refractivity contribution in [1.82, 2.24) is 5.32 Å². The maximum absolute atomic E-state index is 3.27. The second kappa shape index (κ2) is 11.6. The summed E-state index contributed by atoms with van der Waals surface area (Å²) in [5, 5.41) is 3.27. The van der Waals surface area contributed by atoms with E-state index in [0.29, 0.717) is 0 Å². The standard InChI is InChI=1S/C28H41N/c1-4-6-7-8-22-9-11-24(12-10-22)25-13-15-26(16-14-25)28-18-17-27(19-20-29-3)23(5-2)21-28/h13-18,21-22,24,29H,4-12,19-20H2,1-3H3. The van der Waals surface area contributed by atoms with E-state index in [1.54, 1.807) is 5.56 Å². The van der Waals surface area contributed by atoms with Crippen molar-refractivity contribution in [2.75, 3.05) is 13.6 Å². The van der Waals surface area contributed by atoms with Crippen LogP contribution < -0.4 is 5.32 Å². The molecule has 1 heteroatoms. The first-order valence-electron chi connectivity index (χ1n) is 12.1. The second-order valence-corrected chi connectivity index (χ2v) is 9.03. The number of benzene rings is 2. The van der Waals surface area contributed by atoms with Crippen LogP contribution in [-0.4, -0.2) is 13.6 Å². The minimum absolute atomic E-state index is 0.779. The van der Waals surface area contributed by atoms with E-state index in [0.717, 1.165) is 31.2 Å². The first-order chi connectivity index (χ1) is 14.2. The van der Waals surface area contributed by atoms with Gasteiger partial charge in [0.15, 0.2) is 0 Å². The topological polar surface area (TPSA) is 12.0 Å². The highest BCUT2D eigenvalue weighted by molar-refractivity contribution is 5.65. The van der Waals surface area contributed by atoms with Crippen LogP contribution >= 0.6 is 0 Å². The Bertz CT molecular complexity index is 722. The Kier molecular flexibility index (Phi) is 8.80. The first-order valence-corrected chi connectivity index (χ1v) is 12.1. The fourth-order valence-corrected chi connectivity index (χ4v) is 5.05. The van der Waals surface area contributed by atoms with Gasteiger partial charge < -0.3 is 5.32 Å². The molecular formula is C28H41N. The molecule has 158 valence electrons. The van der Waals surface area contributed by atoms with Gasteiger partial charge in [-0.1, -0.05) is 82.0 Å². The third kappa shape index (κ3) is 6.19. The van der Waals surface area contributed by atoms with Crippen molar-refractivity contribution in [1.29, 1.82) is 0 Å². The lowest BCUT2D eigenvalue weighted by Crippen LogP contribution is -2.13. The van der Waals surface area contributed by atoms with Gasteiger partial charge in [-0.05, 0) is 91.8 Å².